The van der Waals surface area contributed by atoms with Crippen LogP contribution in [-0.4, -0.2) is 121 Å². The molecular formula is C27H36N8O4. The van der Waals surface area contributed by atoms with Crippen molar-refractivity contribution < 1.29 is 19.4 Å². The number of hydrogen-bond donors (Lipinski definition) is 1. The van der Waals surface area contributed by atoms with Crippen molar-refractivity contribution >= 4 is 17.5 Å². The summed E-state index contributed by atoms with van der Waals surface area (Å²) in [6.45, 7) is 6.97. The molecule has 5 rings (SSSR count). The highest BCUT2D eigenvalue weighted by Crippen LogP contribution is 2.33. The molecular weight excluding hydrogens is 500 g/mol. The number of β-amino-alcohol motifs (C(OH)–C–C–N with tert-alkyl or cyclic N) is 1. The van der Waals surface area contributed by atoms with Gasteiger partial charge in [0.15, 0.2) is 11.6 Å². The Morgan fingerprint density at radius 1 is 0.872 bits per heavy atom. The number of piperazine rings is 2. The smallest absolute Gasteiger partial charge is 0.272 e. The first-order valence-electron chi connectivity index (χ1n) is 13.2. The van der Waals surface area contributed by atoms with E-state index in [1.54, 1.807) is 32.0 Å². The molecule has 2 aliphatic rings. The Morgan fingerprint density at radius 3 is 2.08 bits per heavy atom. The fourth-order valence-corrected chi connectivity index (χ4v) is 5.11. The highest BCUT2D eigenvalue weighted by Gasteiger charge is 2.27. The molecule has 2 saturated heterocycles. The monoisotopic (exact) mass is 536 g/mol. The number of nitrogens with zero attached hydrogens (tertiary/aromatic N) is 8. The molecule has 0 saturated carbocycles. The van der Waals surface area contributed by atoms with E-state index in [9.17, 15) is 4.79 Å². The summed E-state index contributed by atoms with van der Waals surface area (Å²) < 4.78 is 12.5. The van der Waals surface area contributed by atoms with Crippen molar-refractivity contribution in [2.24, 2.45) is 7.05 Å². The number of ether oxygens (including phenoxy) is 2. The van der Waals surface area contributed by atoms with Crippen molar-refractivity contribution in [3.63, 3.8) is 0 Å². The van der Waals surface area contributed by atoms with Gasteiger partial charge in [0, 0.05) is 71.5 Å². The van der Waals surface area contributed by atoms with Crippen molar-refractivity contribution in [1.82, 2.24) is 29.8 Å². The van der Waals surface area contributed by atoms with Crippen molar-refractivity contribution in [3.05, 3.63) is 42.1 Å². The first-order chi connectivity index (χ1) is 19.0. The van der Waals surface area contributed by atoms with Crippen LogP contribution in [0.1, 0.15) is 10.5 Å². The van der Waals surface area contributed by atoms with Crippen LogP contribution >= 0.6 is 0 Å². The molecule has 1 amide bonds. The van der Waals surface area contributed by atoms with Gasteiger partial charge in [-0.2, -0.15) is 5.10 Å². The average molecular weight is 537 g/mol. The van der Waals surface area contributed by atoms with E-state index in [0.717, 1.165) is 43.4 Å². The zero-order chi connectivity index (χ0) is 27.4. The third kappa shape index (κ3) is 5.76. The van der Waals surface area contributed by atoms with Gasteiger partial charge in [-0.15, -0.1) is 10.2 Å². The Hall–Kier alpha value is -3.90. The highest BCUT2D eigenvalue weighted by molar-refractivity contribution is 5.94. The Bertz CT molecular complexity index is 1270. The maximum Gasteiger partial charge on any atom is 0.272 e. The lowest BCUT2D eigenvalue weighted by Gasteiger charge is -2.36. The minimum atomic E-state index is -0.0560. The second kappa shape index (κ2) is 11.9. The number of aromatic nitrogens is 4. The molecule has 4 heterocycles. The second-order valence-corrected chi connectivity index (χ2v) is 9.69. The van der Waals surface area contributed by atoms with Crippen LogP contribution in [0.3, 0.4) is 0 Å². The highest BCUT2D eigenvalue weighted by atomic mass is 16.5. The topological polar surface area (TPSA) is 112 Å². The molecule has 2 aliphatic heterocycles. The molecule has 1 N–H and O–H groups in total. The second-order valence-electron chi connectivity index (χ2n) is 9.69. The van der Waals surface area contributed by atoms with E-state index < -0.39 is 0 Å². The van der Waals surface area contributed by atoms with Gasteiger partial charge in [-0.3, -0.25) is 14.4 Å². The number of carbonyl (C=O) groups is 1. The van der Waals surface area contributed by atoms with E-state index in [1.807, 2.05) is 35.2 Å². The summed E-state index contributed by atoms with van der Waals surface area (Å²) in [5.41, 5.74) is 1.94. The van der Waals surface area contributed by atoms with Crippen LogP contribution in [0.4, 0.5) is 11.6 Å². The molecule has 12 heteroatoms. The van der Waals surface area contributed by atoms with E-state index in [1.165, 1.54) is 0 Å². The SMILES string of the molecule is COc1ccc(OC)c(-c2cc(C(=O)N3CCN(c4ccc(N5CCN(CCO)CC5)nn4)CC3)n(C)n2)c1. The lowest BCUT2D eigenvalue weighted by molar-refractivity contribution is 0.0735. The molecule has 2 fully saturated rings. The molecule has 12 nitrogen and oxygen atoms in total. The first kappa shape index (κ1) is 26.7. The van der Waals surface area contributed by atoms with Gasteiger partial charge >= 0.3 is 0 Å². The van der Waals surface area contributed by atoms with E-state index in [2.05, 4.69) is 30.0 Å². The number of benzene rings is 1. The number of aliphatic hydroxyl groups is 1. The normalized spacial score (nSPS) is 16.5. The van der Waals surface area contributed by atoms with Crippen molar-refractivity contribution in [3.8, 4) is 22.8 Å². The molecule has 0 aliphatic carbocycles. The molecule has 3 aromatic rings. The van der Waals surface area contributed by atoms with Crippen LogP contribution < -0.4 is 19.3 Å². The fourth-order valence-electron chi connectivity index (χ4n) is 5.11. The van der Waals surface area contributed by atoms with Gasteiger partial charge in [0.25, 0.3) is 5.91 Å². The predicted octanol–water partition coefficient (Wildman–Crippen LogP) is 0.971. The van der Waals surface area contributed by atoms with E-state index in [0.29, 0.717) is 55.6 Å². The molecule has 0 unspecified atom stereocenters. The summed E-state index contributed by atoms with van der Waals surface area (Å²) in [7, 11) is 5.00. The van der Waals surface area contributed by atoms with Crippen LogP contribution in [0, 0.1) is 0 Å². The molecule has 0 spiro atoms. The van der Waals surface area contributed by atoms with Gasteiger partial charge in [-0.1, -0.05) is 0 Å². The summed E-state index contributed by atoms with van der Waals surface area (Å²) in [5, 5.41) is 22.7. The van der Waals surface area contributed by atoms with Crippen LogP contribution in [0.5, 0.6) is 11.5 Å². The average Bonchev–Trinajstić information content (AvgIpc) is 3.38. The van der Waals surface area contributed by atoms with Gasteiger partial charge < -0.3 is 29.3 Å². The zero-order valence-electron chi connectivity index (χ0n) is 22.8. The molecule has 0 atom stereocenters. The Kier molecular flexibility index (Phi) is 8.13. The largest absolute Gasteiger partial charge is 0.497 e. The van der Waals surface area contributed by atoms with Gasteiger partial charge in [-0.05, 0) is 36.4 Å². The molecule has 0 bridgehead atoms. The predicted molar refractivity (Wildman–Crippen MR) is 148 cm³/mol. The minimum Gasteiger partial charge on any atom is -0.497 e. The van der Waals surface area contributed by atoms with Crippen molar-refractivity contribution in [2.45, 2.75) is 0 Å². The number of amides is 1. The van der Waals surface area contributed by atoms with E-state index >= 15 is 0 Å². The Morgan fingerprint density at radius 2 is 1.51 bits per heavy atom. The third-order valence-electron chi connectivity index (χ3n) is 7.42. The maximum atomic E-state index is 13.4. The third-order valence-corrected chi connectivity index (χ3v) is 7.42. The Labute approximate surface area is 228 Å². The maximum absolute atomic E-state index is 13.4. The van der Waals surface area contributed by atoms with Gasteiger partial charge in [-0.25, -0.2) is 0 Å². The Balaban J connectivity index is 1.20. The lowest BCUT2D eigenvalue weighted by Crippen LogP contribution is -2.49. The number of anilines is 2. The number of rotatable bonds is 8. The summed E-state index contributed by atoms with van der Waals surface area (Å²) in [4.78, 5) is 21.9. The number of carbonyl (C=O) groups excluding carboxylic acids is 1. The number of hydrogen-bond acceptors (Lipinski definition) is 10. The lowest BCUT2D eigenvalue weighted by atomic mass is 10.1. The molecule has 39 heavy (non-hydrogen) atoms. The number of methoxy groups -OCH3 is 2. The quantitative estimate of drug-likeness (QED) is 0.447. The zero-order valence-corrected chi connectivity index (χ0v) is 22.8. The van der Waals surface area contributed by atoms with Crippen LogP contribution in [0.15, 0.2) is 36.4 Å². The van der Waals surface area contributed by atoms with Crippen molar-refractivity contribution in [2.75, 3.05) is 89.5 Å². The van der Waals surface area contributed by atoms with E-state index in [4.69, 9.17) is 14.6 Å². The first-order valence-corrected chi connectivity index (χ1v) is 13.2. The fraction of sp³-hybridized carbons (Fsp3) is 0.481. The number of aryl methyl sites for hydroxylation is 1. The van der Waals surface area contributed by atoms with Gasteiger partial charge in [0.1, 0.15) is 17.2 Å². The van der Waals surface area contributed by atoms with Gasteiger partial charge in [0.05, 0.1) is 26.5 Å². The standard InChI is InChI=1S/C27H36N8O4/c1-31-23(19-22(30-31)21-18-20(38-2)4-5-24(21)39-3)27(37)35-14-12-34(13-15-35)26-7-6-25(28-29-26)33-10-8-32(9-11-33)16-17-36/h4-7,18-19,36H,8-17H2,1-3H3. The summed E-state index contributed by atoms with van der Waals surface area (Å²) in [5.74, 6) is 2.99. The summed E-state index contributed by atoms with van der Waals surface area (Å²) >= 11 is 0. The number of aliphatic hydroxyl groups excluding tert-OH is 1. The molecule has 208 valence electrons. The molecule has 0 radical (unpaired) electrons. The van der Waals surface area contributed by atoms with Crippen LogP contribution in [0.2, 0.25) is 0 Å². The summed E-state index contributed by atoms with van der Waals surface area (Å²) in [6, 6.07) is 11.4. The summed E-state index contributed by atoms with van der Waals surface area (Å²) in [6.07, 6.45) is 0. The van der Waals surface area contributed by atoms with Crippen molar-refractivity contribution in [1.29, 1.82) is 0 Å². The molecule has 1 aromatic carbocycles. The van der Waals surface area contributed by atoms with Crippen LogP contribution in [-0.2, 0) is 7.05 Å². The van der Waals surface area contributed by atoms with Gasteiger partial charge in [0.2, 0.25) is 0 Å². The van der Waals surface area contributed by atoms with Crippen LogP contribution in [0.25, 0.3) is 11.3 Å². The van der Waals surface area contributed by atoms with E-state index in [-0.39, 0.29) is 12.5 Å². The minimum absolute atomic E-state index is 0.0560. The molecule has 2 aromatic heterocycles.